The molecule has 6 nitrogen and oxygen atoms in total. The molecule has 0 spiro atoms. The van der Waals surface area contributed by atoms with Crippen LogP contribution in [0.2, 0.25) is 0 Å². The highest BCUT2D eigenvalue weighted by atomic mass is 19.3. The van der Waals surface area contributed by atoms with Crippen molar-refractivity contribution >= 4 is 0 Å². The summed E-state index contributed by atoms with van der Waals surface area (Å²) in [6.07, 6.45) is 0.569. The normalized spacial score (nSPS) is 12.2. The summed E-state index contributed by atoms with van der Waals surface area (Å²) in [5.74, 6) is 1.64. The van der Waals surface area contributed by atoms with Crippen LogP contribution in [0.1, 0.15) is 35.8 Å². The van der Waals surface area contributed by atoms with Gasteiger partial charge in [0.1, 0.15) is 11.5 Å². The standard InChI is InChI=1S/C20H21F2N3O3/c1-13(19-24-18(25-28-19)10-14-6-4-3-5-7-14)23-12-15-11-16(26-2)8-9-17(15)27-20(21)22/h3-9,11,13,20,23H,10,12H2,1-2H3. The first kappa shape index (κ1) is 19.8. The number of benzene rings is 2. The number of alkyl halides is 2. The Labute approximate surface area is 161 Å². The molecule has 8 heteroatoms. The number of hydrogen-bond acceptors (Lipinski definition) is 6. The molecule has 3 aromatic rings. The van der Waals surface area contributed by atoms with Gasteiger partial charge in [0, 0.05) is 18.5 Å². The quantitative estimate of drug-likeness (QED) is 0.594. The van der Waals surface area contributed by atoms with Gasteiger partial charge in [0.15, 0.2) is 5.82 Å². The van der Waals surface area contributed by atoms with Gasteiger partial charge in [0.25, 0.3) is 0 Å². The second-order valence-electron chi connectivity index (χ2n) is 6.17. The fourth-order valence-corrected chi connectivity index (χ4v) is 2.68. The Morgan fingerprint density at radius 3 is 2.64 bits per heavy atom. The molecular formula is C20H21F2N3O3. The SMILES string of the molecule is COc1ccc(OC(F)F)c(CNC(C)c2nc(Cc3ccccc3)no2)c1. The van der Waals surface area contributed by atoms with Gasteiger partial charge in [0.2, 0.25) is 5.89 Å². The zero-order valence-electron chi connectivity index (χ0n) is 15.6. The topological polar surface area (TPSA) is 69.4 Å². The van der Waals surface area contributed by atoms with Crippen molar-refractivity contribution in [3.05, 3.63) is 71.4 Å². The molecule has 0 fully saturated rings. The largest absolute Gasteiger partial charge is 0.497 e. The summed E-state index contributed by atoms with van der Waals surface area (Å²) < 4.78 is 40.3. The molecule has 1 N–H and O–H groups in total. The number of aromatic nitrogens is 2. The molecule has 0 saturated carbocycles. The van der Waals surface area contributed by atoms with E-state index in [9.17, 15) is 8.78 Å². The highest BCUT2D eigenvalue weighted by Gasteiger charge is 2.16. The van der Waals surface area contributed by atoms with Crippen LogP contribution in [-0.4, -0.2) is 23.9 Å². The van der Waals surface area contributed by atoms with Crippen LogP contribution in [0.5, 0.6) is 11.5 Å². The summed E-state index contributed by atoms with van der Waals surface area (Å²) in [6.45, 7) is -0.786. The lowest BCUT2D eigenvalue weighted by Gasteiger charge is -2.14. The second kappa shape index (κ2) is 9.27. The van der Waals surface area contributed by atoms with Crippen LogP contribution in [0.15, 0.2) is 53.1 Å². The molecule has 1 aromatic heterocycles. The number of rotatable bonds is 9. The summed E-state index contributed by atoms with van der Waals surface area (Å²) in [6, 6.07) is 14.2. The molecule has 3 rings (SSSR count). The van der Waals surface area contributed by atoms with E-state index in [2.05, 4.69) is 20.2 Å². The van der Waals surface area contributed by atoms with E-state index in [0.717, 1.165) is 5.56 Å². The Balaban J connectivity index is 1.65. The minimum absolute atomic E-state index is 0.0887. The van der Waals surface area contributed by atoms with Gasteiger partial charge in [-0.3, -0.25) is 0 Å². The van der Waals surface area contributed by atoms with Crippen LogP contribution in [0.25, 0.3) is 0 Å². The van der Waals surface area contributed by atoms with Gasteiger partial charge in [0.05, 0.1) is 13.2 Å². The maximum Gasteiger partial charge on any atom is 0.387 e. The van der Waals surface area contributed by atoms with E-state index in [1.54, 1.807) is 12.1 Å². The molecule has 1 unspecified atom stereocenters. The molecular weight excluding hydrogens is 368 g/mol. The molecule has 1 atom stereocenters. The average molecular weight is 389 g/mol. The second-order valence-corrected chi connectivity index (χ2v) is 6.17. The Kier molecular flexibility index (Phi) is 6.54. The van der Waals surface area contributed by atoms with Crippen molar-refractivity contribution in [1.82, 2.24) is 15.5 Å². The minimum Gasteiger partial charge on any atom is -0.497 e. The molecule has 0 amide bonds. The van der Waals surface area contributed by atoms with Gasteiger partial charge in [-0.2, -0.15) is 13.8 Å². The van der Waals surface area contributed by atoms with Crippen LogP contribution in [0.3, 0.4) is 0 Å². The Morgan fingerprint density at radius 2 is 1.93 bits per heavy atom. The molecule has 0 bridgehead atoms. The number of halogens is 2. The van der Waals surface area contributed by atoms with Crippen molar-refractivity contribution in [1.29, 1.82) is 0 Å². The number of ether oxygens (including phenoxy) is 2. The summed E-state index contributed by atoms with van der Waals surface area (Å²) in [4.78, 5) is 4.41. The van der Waals surface area contributed by atoms with Gasteiger partial charge in [-0.25, -0.2) is 0 Å². The van der Waals surface area contributed by atoms with Crippen LogP contribution in [-0.2, 0) is 13.0 Å². The number of nitrogens with zero attached hydrogens (tertiary/aromatic N) is 2. The van der Waals surface area contributed by atoms with E-state index in [4.69, 9.17) is 9.26 Å². The van der Waals surface area contributed by atoms with E-state index in [1.165, 1.54) is 13.2 Å². The molecule has 0 saturated heterocycles. The van der Waals surface area contributed by atoms with E-state index in [0.29, 0.717) is 29.4 Å². The van der Waals surface area contributed by atoms with Gasteiger partial charge in [-0.05, 0) is 30.7 Å². The Hall–Kier alpha value is -3.00. The lowest BCUT2D eigenvalue weighted by atomic mass is 10.1. The predicted molar refractivity (Wildman–Crippen MR) is 98.4 cm³/mol. The highest BCUT2D eigenvalue weighted by molar-refractivity contribution is 5.40. The number of nitrogens with one attached hydrogen (secondary N) is 1. The van der Waals surface area contributed by atoms with Crippen molar-refractivity contribution in [2.75, 3.05) is 7.11 Å². The predicted octanol–water partition coefficient (Wildman–Crippen LogP) is 4.12. The third kappa shape index (κ3) is 5.26. The maximum atomic E-state index is 12.6. The van der Waals surface area contributed by atoms with Crippen molar-refractivity contribution in [3.63, 3.8) is 0 Å². The Bertz CT molecular complexity index is 887. The fraction of sp³-hybridized carbons (Fsp3) is 0.300. The van der Waals surface area contributed by atoms with Crippen molar-refractivity contribution < 1.29 is 22.8 Å². The van der Waals surface area contributed by atoms with E-state index >= 15 is 0 Å². The van der Waals surface area contributed by atoms with E-state index in [-0.39, 0.29) is 18.3 Å². The molecule has 28 heavy (non-hydrogen) atoms. The smallest absolute Gasteiger partial charge is 0.387 e. The summed E-state index contributed by atoms with van der Waals surface area (Å²) >= 11 is 0. The zero-order valence-corrected chi connectivity index (χ0v) is 15.6. The van der Waals surface area contributed by atoms with Crippen molar-refractivity contribution in [3.8, 4) is 11.5 Å². The summed E-state index contributed by atoms with van der Waals surface area (Å²) in [5.41, 5.74) is 1.62. The molecule has 0 aliphatic rings. The maximum absolute atomic E-state index is 12.6. The monoisotopic (exact) mass is 389 g/mol. The van der Waals surface area contributed by atoms with Gasteiger partial charge in [-0.15, -0.1) is 0 Å². The molecule has 0 aliphatic carbocycles. The minimum atomic E-state index is -2.90. The summed E-state index contributed by atoms with van der Waals surface area (Å²) in [7, 11) is 1.51. The average Bonchev–Trinajstić information content (AvgIpc) is 3.16. The lowest BCUT2D eigenvalue weighted by molar-refractivity contribution is -0.0505. The van der Waals surface area contributed by atoms with Crippen molar-refractivity contribution in [2.24, 2.45) is 0 Å². The first-order valence-electron chi connectivity index (χ1n) is 8.76. The van der Waals surface area contributed by atoms with Gasteiger partial charge in [-0.1, -0.05) is 35.5 Å². The van der Waals surface area contributed by atoms with Crippen molar-refractivity contribution in [2.45, 2.75) is 32.5 Å². The number of hydrogen-bond donors (Lipinski definition) is 1. The highest BCUT2D eigenvalue weighted by Crippen LogP contribution is 2.26. The van der Waals surface area contributed by atoms with E-state index < -0.39 is 6.61 Å². The van der Waals surface area contributed by atoms with Crippen LogP contribution in [0.4, 0.5) is 8.78 Å². The first-order chi connectivity index (χ1) is 13.5. The Morgan fingerprint density at radius 1 is 1.14 bits per heavy atom. The molecule has 0 aliphatic heterocycles. The van der Waals surface area contributed by atoms with Gasteiger partial charge < -0.3 is 19.3 Å². The summed E-state index contributed by atoms with van der Waals surface area (Å²) in [5, 5.41) is 7.18. The van der Waals surface area contributed by atoms with Crippen LogP contribution >= 0.6 is 0 Å². The molecule has 0 radical (unpaired) electrons. The molecule has 2 aromatic carbocycles. The van der Waals surface area contributed by atoms with Crippen LogP contribution < -0.4 is 14.8 Å². The van der Waals surface area contributed by atoms with Crippen LogP contribution in [0, 0.1) is 0 Å². The third-order valence-corrected chi connectivity index (χ3v) is 4.14. The lowest BCUT2D eigenvalue weighted by Crippen LogP contribution is -2.19. The first-order valence-corrected chi connectivity index (χ1v) is 8.76. The van der Waals surface area contributed by atoms with Gasteiger partial charge >= 0.3 is 6.61 Å². The zero-order chi connectivity index (χ0) is 19.9. The fourth-order valence-electron chi connectivity index (χ4n) is 2.68. The van der Waals surface area contributed by atoms with E-state index in [1.807, 2.05) is 37.3 Å². The molecule has 148 valence electrons. The third-order valence-electron chi connectivity index (χ3n) is 4.14. The molecule has 1 heterocycles. The number of methoxy groups -OCH3 is 1.